The van der Waals surface area contributed by atoms with Gasteiger partial charge in [-0.2, -0.15) is 0 Å². The number of aromatic hydroxyl groups is 2. The molecule has 0 saturated heterocycles. The quantitative estimate of drug-likeness (QED) is 0.544. The van der Waals surface area contributed by atoms with E-state index < -0.39 is 11.9 Å². The number of esters is 2. The second-order valence-corrected chi connectivity index (χ2v) is 7.43. The van der Waals surface area contributed by atoms with Crippen molar-refractivity contribution in [2.75, 3.05) is 0 Å². The molecule has 0 aromatic heterocycles. The van der Waals surface area contributed by atoms with Gasteiger partial charge in [0.15, 0.2) is 0 Å². The molecule has 2 aromatic carbocycles. The first-order valence-electron chi connectivity index (χ1n) is 8.74. The summed E-state index contributed by atoms with van der Waals surface area (Å²) in [6.45, 7) is 0. The van der Waals surface area contributed by atoms with Crippen LogP contribution in [-0.2, 0) is 9.59 Å². The van der Waals surface area contributed by atoms with Crippen molar-refractivity contribution in [1.82, 2.24) is 0 Å². The average molecular weight is 425 g/mol. The molecule has 3 rings (SSSR count). The van der Waals surface area contributed by atoms with Crippen molar-refractivity contribution in [1.29, 1.82) is 0 Å². The van der Waals surface area contributed by atoms with Gasteiger partial charge in [-0.15, -0.1) is 0 Å². The van der Waals surface area contributed by atoms with Crippen molar-refractivity contribution in [3.05, 3.63) is 46.4 Å². The van der Waals surface area contributed by atoms with E-state index in [-0.39, 0.29) is 44.9 Å². The molecule has 0 atom stereocenters. The van der Waals surface area contributed by atoms with Crippen LogP contribution in [0.2, 0.25) is 10.0 Å². The fourth-order valence-corrected chi connectivity index (χ4v) is 3.52. The van der Waals surface area contributed by atoms with Gasteiger partial charge in [0.2, 0.25) is 0 Å². The van der Waals surface area contributed by atoms with Crippen LogP contribution in [0.25, 0.3) is 0 Å². The molecule has 1 saturated carbocycles. The lowest BCUT2D eigenvalue weighted by Crippen LogP contribution is -2.30. The van der Waals surface area contributed by atoms with Crippen LogP contribution in [0.5, 0.6) is 23.0 Å². The Hall–Kier alpha value is -2.44. The van der Waals surface area contributed by atoms with E-state index in [4.69, 9.17) is 32.7 Å². The first-order chi connectivity index (χ1) is 13.3. The number of halogens is 2. The maximum Gasteiger partial charge on any atom is 0.314 e. The molecule has 148 valence electrons. The molecule has 6 nitrogen and oxygen atoms in total. The smallest absolute Gasteiger partial charge is 0.314 e. The molecule has 2 aromatic rings. The first-order valence-corrected chi connectivity index (χ1v) is 9.49. The summed E-state index contributed by atoms with van der Waals surface area (Å²) in [5.74, 6) is -1.17. The highest BCUT2D eigenvalue weighted by Crippen LogP contribution is 2.34. The van der Waals surface area contributed by atoms with Crippen LogP contribution in [0.3, 0.4) is 0 Å². The molecule has 1 aliphatic rings. The number of rotatable bonds is 4. The molecule has 28 heavy (non-hydrogen) atoms. The van der Waals surface area contributed by atoms with Crippen LogP contribution in [0.1, 0.15) is 25.7 Å². The largest absolute Gasteiger partial charge is 0.508 e. The fourth-order valence-electron chi connectivity index (χ4n) is 3.09. The van der Waals surface area contributed by atoms with Crippen LogP contribution < -0.4 is 9.47 Å². The highest BCUT2D eigenvalue weighted by Gasteiger charge is 2.32. The molecule has 0 amide bonds. The maximum absolute atomic E-state index is 12.3. The highest BCUT2D eigenvalue weighted by molar-refractivity contribution is 6.32. The van der Waals surface area contributed by atoms with Crippen LogP contribution in [-0.4, -0.2) is 22.2 Å². The second-order valence-electron chi connectivity index (χ2n) is 6.62. The Bertz CT molecular complexity index is 817. The number of phenolic OH excluding ortho intramolecular Hbond substituents is 2. The van der Waals surface area contributed by atoms with Crippen LogP contribution >= 0.6 is 23.2 Å². The van der Waals surface area contributed by atoms with Gasteiger partial charge in [0.1, 0.15) is 23.0 Å². The Labute approximate surface area is 171 Å². The zero-order valence-corrected chi connectivity index (χ0v) is 16.2. The number of hydrogen-bond donors (Lipinski definition) is 2. The molecule has 8 heteroatoms. The van der Waals surface area contributed by atoms with E-state index in [0.717, 1.165) is 0 Å². The van der Waals surface area contributed by atoms with E-state index in [9.17, 15) is 19.8 Å². The molecule has 0 bridgehead atoms. The summed E-state index contributed by atoms with van der Waals surface area (Å²) < 4.78 is 10.6. The van der Waals surface area contributed by atoms with Crippen LogP contribution in [0.4, 0.5) is 0 Å². The predicted octanol–water partition coefficient (Wildman–Crippen LogP) is 4.72. The van der Waals surface area contributed by atoms with E-state index in [2.05, 4.69) is 0 Å². The lowest BCUT2D eigenvalue weighted by atomic mass is 9.82. The minimum Gasteiger partial charge on any atom is -0.508 e. The molecule has 0 radical (unpaired) electrons. The van der Waals surface area contributed by atoms with Gasteiger partial charge in [-0.05, 0) is 49.9 Å². The Morgan fingerprint density at radius 2 is 1.11 bits per heavy atom. The number of carbonyl (C=O) groups excluding carboxylic acids is 2. The third-order valence-electron chi connectivity index (χ3n) is 4.65. The minimum absolute atomic E-state index is 0.0162. The van der Waals surface area contributed by atoms with Gasteiger partial charge in [-0.25, -0.2) is 0 Å². The zero-order chi connectivity index (χ0) is 20.3. The van der Waals surface area contributed by atoms with Crippen molar-refractivity contribution in [2.45, 2.75) is 25.7 Å². The molecular formula is C20H18Cl2O6. The van der Waals surface area contributed by atoms with Crippen LogP contribution in [0, 0.1) is 11.8 Å². The van der Waals surface area contributed by atoms with Gasteiger partial charge in [-0.3, -0.25) is 9.59 Å². The predicted molar refractivity (Wildman–Crippen MR) is 103 cm³/mol. The fraction of sp³-hybridized carbons (Fsp3) is 0.300. The van der Waals surface area contributed by atoms with Gasteiger partial charge in [0, 0.05) is 12.1 Å². The highest BCUT2D eigenvalue weighted by atomic mass is 35.5. The summed E-state index contributed by atoms with van der Waals surface area (Å²) in [6, 6.07) is 8.22. The van der Waals surface area contributed by atoms with Gasteiger partial charge in [0.25, 0.3) is 0 Å². The molecule has 0 unspecified atom stereocenters. The van der Waals surface area contributed by atoms with Crippen LogP contribution in [0.15, 0.2) is 36.4 Å². The standard InChI is InChI=1S/C20H18Cl2O6/c21-15-9-13(23)5-7-17(15)27-19(25)11-1-2-12(4-3-11)20(26)28-18-8-6-14(24)10-16(18)22/h5-12,23-24H,1-4H2. The third kappa shape index (κ3) is 4.88. The second kappa shape index (κ2) is 8.71. The summed E-state index contributed by atoms with van der Waals surface area (Å²) in [4.78, 5) is 24.7. The van der Waals surface area contributed by atoms with E-state index in [1.165, 1.54) is 36.4 Å². The Kier molecular flexibility index (Phi) is 6.31. The van der Waals surface area contributed by atoms with Crippen molar-refractivity contribution in [2.24, 2.45) is 11.8 Å². The van der Waals surface area contributed by atoms with E-state index in [1.807, 2.05) is 0 Å². The summed E-state index contributed by atoms with van der Waals surface area (Å²) in [5, 5.41) is 19.0. The van der Waals surface area contributed by atoms with Crippen molar-refractivity contribution >= 4 is 35.1 Å². The summed E-state index contributed by atoms with van der Waals surface area (Å²) >= 11 is 11.9. The molecular weight excluding hydrogens is 407 g/mol. The Morgan fingerprint density at radius 3 is 1.43 bits per heavy atom. The monoisotopic (exact) mass is 424 g/mol. The number of ether oxygens (including phenoxy) is 2. The van der Waals surface area contributed by atoms with E-state index in [0.29, 0.717) is 25.7 Å². The number of benzene rings is 2. The van der Waals surface area contributed by atoms with Gasteiger partial charge < -0.3 is 19.7 Å². The summed E-state index contributed by atoms with van der Waals surface area (Å²) in [7, 11) is 0. The van der Waals surface area contributed by atoms with Gasteiger partial charge >= 0.3 is 11.9 Å². The van der Waals surface area contributed by atoms with E-state index >= 15 is 0 Å². The maximum atomic E-state index is 12.3. The molecule has 2 N–H and O–H groups in total. The van der Waals surface area contributed by atoms with E-state index in [1.54, 1.807) is 0 Å². The lowest BCUT2D eigenvalue weighted by molar-refractivity contribution is -0.145. The topological polar surface area (TPSA) is 93.1 Å². The number of phenols is 2. The van der Waals surface area contributed by atoms with Gasteiger partial charge in [-0.1, -0.05) is 23.2 Å². The zero-order valence-electron chi connectivity index (χ0n) is 14.7. The number of carbonyl (C=O) groups is 2. The first kappa shape index (κ1) is 20.3. The lowest BCUT2D eigenvalue weighted by Gasteiger charge is -2.26. The molecule has 0 spiro atoms. The van der Waals surface area contributed by atoms with Crippen molar-refractivity contribution in [3.63, 3.8) is 0 Å². The molecule has 1 fully saturated rings. The average Bonchev–Trinajstić information content (AvgIpc) is 2.66. The van der Waals surface area contributed by atoms with Gasteiger partial charge in [0.05, 0.1) is 21.9 Å². The molecule has 1 aliphatic carbocycles. The third-order valence-corrected chi connectivity index (χ3v) is 5.24. The van der Waals surface area contributed by atoms with Crippen molar-refractivity contribution < 1.29 is 29.3 Å². The Balaban J connectivity index is 1.53. The van der Waals surface area contributed by atoms with Crippen molar-refractivity contribution in [3.8, 4) is 23.0 Å². The minimum atomic E-state index is -0.416. The summed E-state index contributed by atoms with van der Waals surface area (Å²) in [5.41, 5.74) is 0. The normalized spacial score (nSPS) is 19.1. The number of hydrogen-bond acceptors (Lipinski definition) is 6. The summed E-state index contributed by atoms with van der Waals surface area (Å²) in [6.07, 6.45) is 1.93. The SMILES string of the molecule is O=C(Oc1ccc(O)cc1Cl)C1CCC(C(=O)Oc2ccc(O)cc2Cl)CC1. The molecule has 0 heterocycles. The molecule has 0 aliphatic heterocycles. The Morgan fingerprint density at radius 1 is 0.750 bits per heavy atom.